The van der Waals surface area contributed by atoms with Gasteiger partial charge in [0.05, 0.1) is 0 Å². The smallest absolute Gasteiger partial charge is 0.185 e. The fourth-order valence-electron chi connectivity index (χ4n) is 1.35. The highest BCUT2D eigenvalue weighted by molar-refractivity contribution is 6.06. The molecule has 1 heterocycles. The maximum absolute atomic E-state index is 11.7. The van der Waals surface area contributed by atoms with Gasteiger partial charge in [0.2, 0.25) is 0 Å². The van der Waals surface area contributed by atoms with Crippen molar-refractivity contribution in [3.8, 4) is 0 Å². The number of benzene rings is 1. The summed E-state index contributed by atoms with van der Waals surface area (Å²) >= 11 is 0. The molecule has 0 atom stereocenters. The summed E-state index contributed by atoms with van der Waals surface area (Å²) in [5.74, 6) is -0.00810. The lowest BCUT2D eigenvalue weighted by atomic mass is 10.1. The Morgan fingerprint density at radius 3 is 2.38 bits per heavy atom. The van der Waals surface area contributed by atoms with Crippen molar-refractivity contribution in [1.82, 2.24) is 4.98 Å². The van der Waals surface area contributed by atoms with Crippen molar-refractivity contribution < 1.29 is 4.79 Å². The summed E-state index contributed by atoms with van der Waals surface area (Å²) < 4.78 is 0. The first-order valence-electron chi connectivity index (χ1n) is 5.04. The van der Waals surface area contributed by atoms with Crippen LogP contribution in [-0.2, 0) is 0 Å². The minimum atomic E-state index is -0.00810. The number of allylic oxidation sites excluding steroid dienone is 1. The quantitative estimate of drug-likeness (QED) is 0.574. The first-order valence-corrected chi connectivity index (χ1v) is 5.04. The van der Waals surface area contributed by atoms with Crippen molar-refractivity contribution >= 4 is 11.9 Å². The maximum atomic E-state index is 11.7. The van der Waals surface area contributed by atoms with Crippen LogP contribution in [0.25, 0.3) is 6.08 Å². The standard InChI is InChI=1S/C14H11NO/c16-14(13-8-10-15-11-9-13)7-6-12-4-2-1-3-5-12/h1-11H. The Bertz CT molecular complexity index is 489. The van der Waals surface area contributed by atoms with Crippen molar-refractivity contribution in [3.05, 3.63) is 72.1 Å². The highest BCUT2D eigenvalue weighted by Gasteiger charge is 1.99. The molecule has 0 N–H and O–H groups in total. The molecule has 0 aliphatic rings. The predicted molar refractivity (Wildman–Crippen MR) is 64.0 cm³/mol. The Hall–Kier alpha value is -2.22. The normalized spacial score (nSPS) is 10.5. The van der Waals surface area contributed by atoms with Crippen LogP contribution < -0.4 is 0 Å². The van der Waals surface area contributed by atoms with Crippen LogP contribution in [0.4, 0.5) is 0 Å². The zero-order chi connectivity index (χ0) is 11.2. The van der Waals surface area contributed by atoms with Gasteiger partial charge in [0.25, 0.3) is 0 Å². The number of aromatic nitrogens is 1. The van der Waals surface area contributed by atoms with Crippen LogP contribution in [0.2, 0.25) is 0 Å². The Kier molecular flexibility index (Phi) is 3.24. The Balaban J connectivity index is 2.12. The second kappa shape index (κ2) is 5.03. The number of pyridine rings is 1. The molecule has 0 saturated carbocycles. The van der Waals surface area contributed by atoms with Crippen LogP contribution in [0.15, 0.2) is 60.9 Å². The highest BCUT2D eigenvalue weighted by Crippen LogP contribution is 2.04. The van der Waals surface area contributed by atoms with Gasteiger partial charge in [0.15, 0.2) is 5.78 Å². The van der Waals surface area contributed by atoms with Gasteiger partial charge in [0.1, 0.15) is 0 Å². The first kappa shape index (κ1) is 10.3. The van der Waals surface area contributed by atoms with Crippen LogP contribution in [0.3, 0.4) is 0 Å². The molecule has 0 aliphatic heterocycles. The van der Waals surface area contributed by atoms with E-state index in [4.69, 9.17) is 0 Å². The molecule has 0 bridgehead atoms. The number of rotatable bonds is 3. The third-order valence-corrected chi connectivity index (χ3v) is 2.19. The molecule has 2 heteroatoms. The largest absolute Gasteiger partial charge is 0.289 e. The molecule has 0 radical (unpaired) electrons. The van der Waals surface area contributed by atoms with E-state index in [1.807, 2.05) is 36.4 Å². The average molecular weight is 209 g/mol. The van der Waals surface area contributed by atoms with E-state index in [0.29, 0.717) is 5.56 Å². The van der Waals surface area contributed by atoms with Crippen molar-refractivity contribution in [3.63, 3.8) is 0 Å². The third kappa shape index (κ3) is 2.64. The van der Waals surface area contributed by atoms with Crippen LogP contribution in [0.1, 0.15) is 15.9 Å². The molecule has 0 aliphatic carbocycles. The molecule has 2 rings (SSSR count). The Morgan fingerprint density at radius 2 is 1.69 bits per heavy atom. The van der Waals surface area contributed by atoms with Crippen LogP contribution in [0, 0.1) is 0 Å². The van der Waals surface area contributed by atoms with Gasteiger partial charge in [0, 0.05) is 18.0 Å². The fraction of sp³-hybridized carbons (Fsp3) is 0. The predicted octanol–water partition coefficient (Wildman–Crippen LogP) is 2.98. The van der Waals surface area contributed by atoms with Gasteiger partial charge in [-0.25, -0.2) is 0 Å². The number of carbonyl (C=O) groups is 1. The maximum Gasteiger partial charge on any atom is 0.185 e. The highest BCUT2D eigenvalue weighted by atomic mass is 16.1. The molecule has 0 fully saturated rings. The van der Waals surface area contributed by atoms with E-state index in [-0.39, 0.29) is 5.78 Å². The number of carbonyl (C=O) groups excluding carboxylic acids is 1. The van der Waals surface area contributed by atoms with Crippen LogP contribution in [-0.4, -0.2) is 10.8 Å². The summed E-state index contributed by atoms with van der Waals surface area (Å²) in [5, 5.41) is 0. The molecule has 0 spiro atoms. The van der Waals surface area contributed by atoms with Gasteiger partial charge in [-0.1, -0.05) is 36.4 Å². The van der Waals surface area contributed by atoms with Crippen LogP contribution >= 0.6 is 0 Å². The first-order chi connectivity index (χ1) is 7.86. The zero-order valence-electron chi connectivity index (χ0n) is 8.71. The topological polar surface area (TPSA) is 30.0 Å². The molecule has 0 saturated heterocycles. The van der Waals surface area contributed by atoms with E-state index in [0.717, 1.165) is 5.56 Å². The molecular formula is C14H11NO. The van der Waals surface area contributed by atoms with Gasteiger partial charge >= 0.3 is 0 Å². The summed E-state index contributed by atoms with van der Waals surface area (Å²) in [6.07, 6.45) is 6.61. The lowest BCUT2D eigenvalue weighted by Crippen LogP contribution is -1.93. The van der Waals surface area contributed by atoms with E-state index in [2.05, 4.69) is 4.98 Å². The second-order valence-electron chi connectivity index (χ2n) is 3.34. The lowest BCUT2D eigenvalue weighted by Gasteiger charge is -1.94. The summed E-state index contributed by atoms with van der Waals surface area (Å²) in [6, 6.07) is 13.1. The summed E-state index contributed by atoms with van der Waals surface area (Å²) in [6.45, 7) is 0. The average Bonchev–Trinajstić information content (AvgIpc) is 2.38. The summed E-state index contributed by atoms with van der Waals surface area (Å²) in [4.78, 5) is 15.6. The molecular weight excluding hydrogens is 198 g/mol. The van der Waals surface area contributed by atoms with Crippen molar-refractivity contribution in [2.45, 2.75) is 0 Å². The number of nitrogens with zero attached hydrogens (tertiary/aromatic N) is 1. The summed E-state index contributed by atoms with van der Waals surface area (Å²) in [7, 11) is 0. The molecule has 2 nitrogen and oxygen atoms in total. The molecule has 1 aromatic carbocycles. The van der Waals surface area contributed by atoms with Gasteiger partial charge in [-0.2, -0.15) is 0 Å². The van der Waals surface area contributed by atoms with Crippen LogP contribution in [0.5, 0.6) is 0 Å². The monoisotopic (exact) mass is 209 g/mol. The molecule has 1 aromatic heterocycles. The SMILES string of the molecule is O=C(C=Cc1ccccc1)c1ccncc1. The van der Waals surface area contributed by atoms with Gasteiger partial charge < -0.3 is 0 Å². The van der Waals surface area contributed by atoms with E-state index in [1.165, 1.54) is 0 Å². The number of hydrogen-bond donors (Lipinski definition) is 0. The minimum Gasteiger partial charge on any atom is -0.289 e. The minimum absolute atomic E-state index is 0.00810. The molecule has 0 unspecified atom stereocenters. The zero-order valence-corrected chi connectivity index (χ0v) is 8.71. The fourth-order valence-corrected chi connectivity index (χ4v) is 1.35. The van der Waals surface area contributed by atoms with E-state index < -0.39 is 0 Å². The van der Waals surface area contributed by atoms with Gasteiger partial charge in [-0.05, 0) is 23.8 Å². The van der Waals surface area contributed by atoms with Crippen molar-refractivity contribution in [1.29, 1.82) is 0 Å². The summed E-state index contributed by atoms with van der Waals surface area (Å²) in [5.41, 5.74) is 1.67. The van der Waals surface area contributed by atoms with Crippen molar-refractivity contribution in [2.75, 3.05) is 0 Å². The van der Waals surface area contributed by atoms with E-state index in [1.54, 1.807) is 30.6 Å². The van der Waals surface area contributed by atoms with E-state index in [9.17, 15) is 4.79 Å². The molecule has 16 heavy (non-hydrogen) atoms. The molecule has 78 valence electrons. The number of ketones is 1. The van der Waals surface area contributed by atoms with Gasteiger partial charge in [-0.15, -0.1) is 0 Å². The van der Waals surface area contributed by atoms with E-state index >= 15 is 0 Å². The Morgan fingerprint density at radius 1 is 1.00 bits per heavy atom. The second-order valence-corrected chi connectivity index (χ2v) is 3.34. The molecule has 2 aromatic rings. The lowest BCUT2D eigenvalue weighted by molar-refractivity contribution is 0.104. The van der Waals surface area contributed by atoms with Crippen molar-refractivity contribution in [2.24, 2.45) is 0 Å². The third-order valence-electron chi connectivity index (χ3n) is 2.19. The van der Waals surface area contributed by atoms with Gasteiger partial charge in [-0.3, -0.25) is 9.78 Å². The number of hydrogen-bond acceptors (Lipinski definition) is 2. The Labute approximate surface area is 94.3 Å². The molecule has 0 amide bonds.